The smallest absolute Gasteiger partial charge is 0.0401 e. The Labute approximate surface area is 118 Å². The van der Waals surface area contributed by atoms with Gasteiger partial charge in [0, 0.05) is 24.3 Å². The van der Waals surface area contributed by atoms with Crippen LogP contribution in [0.25, 0.3) is 0 Å². The van der Waals surface area contributed by atoms with Gasteiger partial charge in [-0.1, -0.05) is 32.0 Å². The van der Waals surface area contributed by atoms with Gasteiger partial charge >= 0.3 is 0 Å². The third-order valence-corrected chi connectivity index (χ3v) is 4.03. The first-order valence-electron chi connectivity index (χ1n) is 7.76. The fourth-order valence-electron chi connectivity index (χ4n) is 2.96. The van der Waals surface area contributed by atoms with Crippen molar-refractivity contribution in [3.63, 3.8) is 0 Å². The minimum absolute atomic E-state index is 0.603. The first kappa shape index (κ1) is 14.4. The van der Waals surface area contributed by atoms with Gasteiger partial charge in [0.25, 0.3) is 0 Å². The van der Waals surface area contributed by atoms with Crippen LogP contribution in [-0.4, -0.2) is 25.2 Å². The van der Waals surface area contributed by atoms with Gasteiger partial charge in [-0.15, -0.1) is 0 Å². The molecule has 0 saturated carbocycles. The lowest BCUT2D eigenvalue weighted by Gasteiger charge is -2.36. The second-order valence-electron chi connectivity index (χ2n) is 6.03. The van der Waals surface area contributed by atoms with Crippen LogP contribution >= 0.6 is 0 Å². The molecular weight excluding hydrogens is 232 g/mol. The molecule has 2 rings (SSSR count). The Morgan fingerprint density at radius 1 is 1.21 bits per heavy atom. The molecule has 0 aliphatic carbocycles. The molecular formula is C17H28N2. The summed E-state index contributed by atoms with van der Waals surface area (Å²) in [7, 11) is 0. The van der Waals surface area contributed by atoms with Crippen molar-refractivity contribution in [3.8, 4) is 0 Å². The SMILES string of the molecule is CC(C)NCCCC(C)N1CCCc2ccccc21. The first-order chi connectivity index (χ1) is 9.18. The molecule has 0 fully saturated rings. The Balaban J connectivity index is 1.88. The van der Waals surface area contributed by atoms with E-state index in [0.717, 1.165) is 6.54 Å². The second kappa shape index (κ2) is 6.95. The van der Waals surface area contributed by atoms with Crippen molar-refractivity contribution in [1.82, 2.24) is 5.32 Å². The molecule has 0 saturated heterocycles. The highest BCUT2D eigenvalue weighted by atomic mass is 15.2. The number of para-hydroxylation sites is 1. The Morgan fingerprint density at radius 2 is 2.00 bits per heavy atom. The molecule has 2 nitrogen and oxygen atoms in total. The monoisotopic (exact) mass is 260 g/mol. The summed E-state index contributed by atoms with van der Waals surface area (Å²) in [6.07, 6.45) is 5.08. The van der Waals surface area contributed by atoms with E-state index in [1.165, 1.54) is 43.5 Å². The van der Waals surface area contributed by atoms with Crippen LogP contribution in [0.3, 0.4) is 0 Å². The van der Waals surface area contributed by atoms with Crippen molar-refractivity contribution >= 4 is 5.69 Å². The normalized spacial score (nSPS) is 16.5. The average Bonchev–Trinajstić information content (AvgIpc) is 2.42. The van der Waals surface area contributed by atoms with Crippen molar-refractivity contribution in [2.45, 2.75) is 58.5 Å². The van der Waals surface area contributed by atoms with Gasteiger partial charge < -0.3 is 10.2 Å². The van der Waals surface area contributed by atoms with Gasteiger partial charge in [-0.2, -0.15) is 0 Å². The lowest BCUT2D eigenvalue weighted by molar-refractivity contribution is 0.504. The van der Waals surface area contributed by atoms with Gasteiger partial charge in [0.15, 0.2) is 0 Å². The zero-order chi connectivity index (χ0) is 13.7. The number of hydrogen-bond acceptors (Lipinski definition) is 2. The van der Waals surface area contributed by atoms with E-state index in [9.17, 15) is 0 Å². The van der Waals surface area contributed by atoms with E-state index in [-0.39, 0.29) is 0 Å². The van der Waals surface area contributed by atoms with E-state index in [1.807, 2.05) is 0 Å². The van der Waals surface area contributed by atoms with Crippen LogP contribution in [0.4, 0.5) is 5.69 Å². The summed E-state index contributed by atoms with van der Waals surface area (Å²) < 4.78 is 0. The molecule has 1 aliphatic heterocycles. The van der Waals surface area contributed by atoms with Crippen molar-refractivity contribution in [2.75, 3.05) is 18.0 Å². The van der Waals surface area contributed by atoms with Crippen LogP contribution in [0.1, 0.15) is 45.6 Å². The number of fused-ring (bicyclic) bond motifs is 1. The van der Waals surface area contributed by atoms with E-state index in [2.05, 4.69) is 55.3 Å². The first-order valence-corrected chi connectivity index (χ1v) is 7.76. The fraction of sp³-hybridized carbons (Fsp3) is 0.647. The lowest BCUT2D eigenvalue weighted by atomic mass is 9.99. The zero-order valence-electron chi connectivity index (χ0n) is 12.7. The van der Waals surface area contributed by atoms with E-state index in [0.29, 0.717) is 12.1 Å². The Hall–Kier alpha value is -1.02. The molecule has 0 bridgehead atoms. The third kappa shape index (κ3) is 3.97. The van der Waals surface area contributed by atoms with Crippen molar-refractivity contribution < 1.29 is 0 Å². The summed E-state index contributed by atoms with van der Waals surface area (Å²) in [6, 6.07) is 10.2. The van der Waals surface area contributed by atoms with Crippen LogP contribution in [-0.2, 0) is 6.42 Å². The summed E-state index contributed by atoms with van der Waals surface area (Å²) in [6.45, 7) is 9.15. The van der Waals surface area contributed by atoms with Gasteiger partial charge in [-0.25, -0.2) is 0 Å². The van der Waals surface area contributed by atoms with Crippen molar-refractivity contribution in [2.24, 2.45) is 0 Å². The minimum Gasteiger partial charge on any atom is -0.369 e. The molecule has 0 radical (unpaired) electrons. The molecule has 1 atom stereocenters. The molecule has 0 aromatic heterocycles. The van der Waals surface area contributed by atoms with Crippen LogP contribution in [0.15, 0.2) is 24.3 Å². The number of nitrogens with one attached hydrogen (secondary N) is 1. The van der Waals surface area contributed by atoms with Gasteiger partial charge in [0.1, 0.15) is 0 Å². The molecule has 1 N–H and O–H groups in total. The number of rotatable bonds is 6. The zero-order valence-corrected chi connectivity index (χ0v) is 12.7. The fourth-order valence-corrected chi connectivity index (χ4v) is 2.96. The number of anilines is 1. The summed E-state index contributed by atoms with van der Waals surface area (Å²) in [4.78, 5) is 2.61. The molecule has 1 aromatic rings. The number of hydrogen-bond donors (Lipinski definition) is 1. The molecule has 1 heterocycles. The quantitative estimate of drug-likeness (QED) is 0.786. The van der Waals surface area contributed by atoms with Crippen LogP contribution in [0.5, 0.6) is 0 Å². The molecule has 19 heavy (non-hydrogen) atoms. The summed E-state index contributed by atoms with van der Waals surface area (Å²) in [5, 5.41) is 3.50. The maximum Gasteiger partial charge on any atom is 0.0401 e. The van der Waals surface area contributed by atoms with Crippen LogP contribution in [0.2, 0.25) is 0 Å². The Bertz CT molecular complexity index is 387. The highest BCUT2D eigenvalue weighted by molar-refractivity contribution is 5.56. The number of benzene rings is 1. The maximum atomic E-state index is 3.50. The van der Waals surface area contributed by atoms with Crippen LogP contribution in [0, 0.1) is 0 Å². The largest absolute Gasteiger partial charge is 0.369 e. The molecule has 0 amide bonds. The van der Waals surface area contributed by atoms with Gasteiger partial charge in [-0.05, 0) is 50.8 Å². The van der Waals surface area contributed by atoms with Gasteiger partial charge in [-0.3, -0.25) is 0 Å². The maximum absolute atomic E-state index is 3.50. The lowest BCUT2D eigenvalue weighted by Crippen LogP contribution is -2.37. The van der Waals surface area contributed by atoms with Gasteiger partial charge in [0.05, 0.1) is 0 Å². The Kier molecular flexibility index (Phi) is 5.26. The van der Waals surface area contributed by atoms with Crippen molar-refractivity contribution in [1.29, 1.82) is 0 Å². The van der Waals surface area contributed by atoms with E-state index < -0.39 is 0 Å². The van der Waals surface area contributed by atoms with E-state index in [1.54, 1.807) is 0 Å². The highest BCUT2D eigenvalue weighted by Crippen LogP contribution is 2.29. The highest BCUT2D eigenvalue weighted by Gasteiger charge is 2.20. The Morgan fingerprint density at radius 3 is 2.79 bits per heavy atom. The molecule has 0 spiro atoms. The second-order valence-corrected chi connectivity index (χ2v) is 6.03. The predicted octanol–water partition coefficient (Wildman–Crippen LogP) is 3.61. The average molecular weight is 260 g/mol. The topological polar surface area (TPSA) is 15.3 Å². The molecule has 2 heteroatoms. The summed E-state index contributed by atoms with van der Waals surface area (Å²) in [5.74, 6) is 0. The van der Waals surface area contributed by atoms with E-state index in [4.69, 9.17) is 0 Å². The standard InChI is InChI=1S/C17H28N2/c1-14(2)18-12-6-8-15(3)19-13-7-10-16-9-4-5-11-17(16)19/h4-5,9,11,14-15,18H,6-8,10,12-13H2,1-3H3. The van der Waals surface area contributed by atoms with Gasteiger partial charge in [0.2, 0.25) is 0 Å². The minimum atomic E-state index is 0.603. The number of aryl methyl sites for hydroxylation is 1. The summed E-state index contributed by atoms with van der Waals surface area (Å²) in [5.41, 5.74) is 3.00. The van der Waals surface area contributed by atoms with E-state index >= 15 is 0 Å². The molecule has 106 valence electrons. The molecule has 1 aliphatic rings. The molecule has 1 aromatic carbocycles. The number of nitrogens with zero attached hydrogens (tertiary/aromatic N) is 1. The third-order valence-electron chi connectivity index (χ3n) is 4.03. The van der Waals surface area contributed by atoms with Crippen LogP contribution < -0.4 is 10.2 Å². The molecule has 1 unspecified atom stereocenters. The van der Waals surface area contributed by atoms with Crippen molar-refractivity contribution in [3.05, 3.63) is 29.8 Å². The predicted molar refractivity (Wildman–Crippen MR) is 83.9 cm³/mol. The summed E-state index contributed by atoms with van der Waals surface area (Å²) >= 11 is 0.